The fourth-order valence-electron chi connectivity index (χ4n) is 2.29. The minimum atomic E-state index is -0.275. The number of hydrogen-bond donors (Lipinski definition) is 1. The Morgan fingerprint density at radius 1 is 1.04 bits per heavy atom. The Morgan fingerprint density at radius 3 is 2.42 bits per heavy atom. The van der Waals surface area contributed by atoms with Crippen LogP contribution in [0.2, 0.25) is 0 Å². The van der Waals surface area contributed by atoms with Crippen LogP contribution >= 0.6 is 0 Å². The summed E-state index contributed by atoms with van der Waals surface area (Å²) >= 11 is 0. The number of ether oxygens (including phenoxy) is 1. The van der Waals surface area contributed by atoms with E-state index in [9.17, 15) is 9.59 Å². The maximum absolute atomic E-state index is 12.7. The van der Waals surface area contributed by atoms with Crippen LogP contribution in [0.1, 0.15) is 22.8 Å². The number of carbonyl (C=O) groups is 2. The monoisotopic (exact) mass is 326 g/mol. The van der Waals surface area contributed by atoms with Crippen LogP contribution in [0.25, 0.3) is 0 Å². The van der Waals surface area contributed by atoms with E-state index in [1.165, 1.54) is 0 Å². The molecular formula is C19H22N2O3. The van der Waals surface area contributed by atoms with Crippen LogP contribution in [0.4, 0.5) is 5.69 Å². The molecule has 0 bridgehead atoms. The van der Waals surface area contributed by atoms with Crippen molar-refractivity contribution in [3.8, 4) is 0 Å². The fraction of sp³-hybridized carbons (Fsp3) is 0.263. The summed E-state index contributed by atoms with van der Waals surface area (Å²) in [6.07, 6.45) is 0. The lowest BCUT2D eigenvalue weighted by Crippen LogP contribution is -2.28. The van der Waals surface area contributed by atoms with Crippen LogP contribution in [0, 0.1) is 0 Å². The molecule has 0 aliphatic rings. The van der Waals surface area contributed by atoms with Crippen LogP contribution in [0.15, 0.2) is 54.6 Å². The summed E-state index contributed by atoms with van der Waals surface area (Å²) in [7, 11) is 1.74. The molecule has 0 radical (unpaired) electrons. The highest BCUT2D eigenvalue weighted by Crippen LogP contribution is 2.18. The third-order valence-corrected chi connectivity index (χ3v) is 3.48. The summed E-state index contributed by atoms with van der Waals surface area (Å²) in [5.74, 6) is -0.422. The van der Waals surface area contributed by atoms with Gasteiger partial charge in [0.05, 0.1) is 11.3 Å². The van der Waals surface area contributed by atoms with Crippen molar-refractivity contribution in [2.45, 2.75) is 13.5 Å². The van der Waals surface area contributed by atoms with Gasteiger partial charge in [0.1, 0.15) is 6.61 Å². The Bertz CT molecular complexity index is 686. The molecule has 126 valence electrons. The van der Waals surface area contributed by atoms with Crippen LogP contribution in [-0.2, 0) is 16.1 Å². The van der Waals surface area contributed by atoms with Gasteiger partial charge in [-0.15, -0.1) is 0 Å². The molecule has 0 saturated carbocycles. The van der Waals surface area contributed by atoms with Gasteiger partial charge < -0.3 is 15.0 Å². The van der Waals surface area contributed by atoms with Gasteiger partial charge >= 0.3 is 0 Å². The topological polar surface area (TPSA) is 58.6 Å². The highest BCUT2D eigenvalue weighted by Gasteiger charge is 2.17. The van der Waals surface area contributed by atoms with Crippen molar-refractivity contribution < 1.29 is 14.3 Å². The number of para-hydroxylation sites is 1. The van der Waals surface area contributed by atoms with E-state index in [-0.39, 0.29) is 18.4 Å². The first-order valence-electron chi connectivity index (χ1n) is 7.87. The van der Waals surface area contributed by atoms with Crippen molar-refractivity contribution in [1.29, 1.82) is 0 Å². The number of nitrogens with zero attached hydrogens (tertiary/aromatic N) is 1. The van der Waals surface area contributed by atoms with E-state index in [2.05, 4.69) is 5.32 Å². The first-order valence-corrected chi connectivity index (χ1v) is 7.87. The number of rotatable bonds is 7. The summed E-state index contributed by atoms with van der Waals surface area (Å²) in [6.45, 7) is 2.76. The van der Waals surface area contributed by atoms with E-state index in [0.29, 0.717) is 24.4 Å². The average Bonchev–Trinajstić information content (AvgIpc) is 2.60. The molecule has 5 heteroatoms. The predicted octanol–water partition coefficient (Wildman–Crippen LogP) is 2.93. The van der Waals surface area contributed by atoms with Gasteiger partial charge in [0.2, 0.25) is 5.91 Å². The molecule has 0 aliphatic heterocycles. The van der Waals surface area contributed by atoms with Gasteiger partial charge in [-0.25, -0.2) is 0 Å². The van der Waals surface area contributed by atoms with Gasteiger partial charge in [-0.1, -0.05) is 42.5 Å². The predicted molar refractivity (Wildman–Crippen MR) is 93.8 cm³/mol. The summed E-state index contributed by atoms with van der Waals surface area (Å²) in [6, 6.07) is 16.7. The molecule has 0 atom stereocenters. The zero-order chi connectivity index (χ0) is 17.4. The third-order valence-electron chi connectivity index (χ3n) is 3.48. The lowest BCUT2D eigenvalue weighted by molar-refractivity contribution is -0.120. The van der Waals surface area contributed by atoms with Gasteiger partial charge in [0.25, 0.3) is 5.91 Å². The lowest BCUT2D eigenvalue weighted by Gasteiger charge is -2.19. The normalized spacial score (nSPS) is 10.2. The molecule has 0 fully saturated rings. The number of anilines is 1. The van der Waals surface area contributed by atoms with Gasteiger partial charge in [0, 0.05) is 20.2 Å². The van der Waals surface area contributed by atoms with Crippen LogP contribution in [0.3, 0.4) is 0 Å². The molecule has 2 aromatic carbocycles. The Labute approximate surface area is 142 Å². The largest absolute Gasteiger partial charge is 0.372 e. The second kappa shape index (κ2) is 8.84. The molecule has 0 heterocycles. The minimum Gasteiger partial charge on any atom is -0.372 e. The number of benzene rings is 2. The molecule has 0 aromatic heterocycles. The van der Waals surface area contributed by atoms with Crippen molar-refractivity contribution in [3.05, 3.63) is 65.7 Å². The Balaban J connectivity index is 2.10. The molecule has 0 unspecified atom stereocenters. The zero-order valence-electron chi connectivity index (χ0n) is 14.0. The SMILES string of the molecule is CCOCC(=O)Nc1ccccc1C(=O)N(C)Cc1ccccc1. The maximum atomic E-state index is 12.7. The molecule has 2 amide bonds. The van der Waals surface area contributed by atoms with Crippen LogP contribution in [0.5, 0.6) is 0 Å². The van der Waals surface area contributed by atoms with Crippen molar-refractivity contribution in [2.75, 3.05) is 25.6 Å². The summed E-state index contributed by atoms with van der Waals surface area (Å²) in [5.41, 5.74) is 2.00. The quantitative estimate of drug-likeness (QED) is 0.851. The van der Waals surface area contributed by atoms with Crippen LogP contribution in [-0.4, -0.2) is 37.0 Å². The van der Waals surface area contributed by atoms with E-state index >= 15 is 0 Å². The highest BCUT2D eigenvalue weighted by molar-refractivity contribution is 6.03. The number of amides is 2. The Morgan fingerprint density at radius 2 is 1.71 bits per heavy atom. The second-order valence-corrected chi connectivity index (χ2v) is 5.38. The van der Waals surface area contributed by atoms with Crippen molar-refractivity contribution in [1.82, 2.24) is 4.90 Å². The number of nitrogens with one attached hydrogen (secondary N) is 1. The first-order chi connectivity index (χ1) is 11.6. The molecule has 2 aromatic rings. The lowest BCUT2D eigenvalue weighted by atomic mass is 10.1. The van der Waals surface area contributed by atoms with Gasteiger partial charge in [-0.3, -0.25) is 9.59 Å². The van der Waals surface area contributed by atoms with Gasteiger partial charge in [-0.05, 0) is 24.6 Å². The van der Waals surface area contributed by atoms with E-state index in [0.717, 1.165) is 5.56 Å². The molecular weight excluding hydrogens is 304 g/mol. The van der Waals surface area contributed by atoms with E-state index in [1.54, 1.807) is 36.2 Å². The summed E-state index contributed by atoms with van der Waals surface area (Å²) < 4.78 is 5.09. The van der Waals surface area contributed by atoms with E-state index in [1.807, 2.05) is 37.3 Å². The third kappa shape index (κ3) is 4.93. The molecule has 0 spiro atoms. The van der Waals surface area contributed by atoms with Gasteiger partial charge in [0.15, 0.2) is 0 Å². The fourth-order valence-corrected chi connectivity index (χ4v) is 2.29. The van der Waals surface area contributed by atoms with Crippen molar-refractivity contribution in [2.24, 2.45) is 0 Å². The molecule has 0 saturated heterocycles. The number of carbonyl (C=O) groups excluding carboxylic acids is 2. The first kappa shape index (κ1) is 17.7. The summed E-state index contributed by atoms with van der Waals surface area (Å²) in [4.78, 5) is 26.2. The van der Waals surface area contributed by atoms with Crippen LogP contribution < -0.4 is 5.32 Å². The van der Waals surface area contributed by atoms with Crippen molar-refractivity contribution >= 4 is 17.5 Å². The smallest absolute Gasteiger partial charge is 0.256 e. The maximum Gasteiger partial charge on any atom is 0.256 e. The van der Waals surface area contributed by atoms with Crippen molar-refractivity contribution in [3.63, 3.8) is 0 Å². The van der Waals surface area contributed by atoms with Gasteiger partial charge in [-0.2, -0.15) is 0 Å². The second-order valence-electron chi connectivity index (χ2n) is 5.38. The Kier molecular flexibility index (Phi) is 6.51. The Hall–Kier alpha value is -2.66. The average molecular weight is 326 g/mol. The van der Waals surface area contributed by atoms with E-state index < -0.39 is 0 Å². The molecule has 1 N–H and O–H groups in total. The molecule has 2 rings (SSSR count). The summed E-state index contributed by atoms with van der Waals surface area (Å²) in [5, 5.41) is 2.73. The minimum absolute atomic E-state index is 0.0289. The standard InChI is InChI=1S/C19H22N2O3/c1-3-24-14-18(22)20-17-12-8-7-11-16(17)19(23)21(2)13-15-9-5-4-6-10-15/h4-12H,3,13-14H2,1-2H3,(H,20,22). The molecule has 0 aliphatic carbocycles. The molecule has 24 heavy (non-hydrogen) atoms. The number of hydrogen-bond acceptors (Lipinski definition) is 3. The molecule has 5 nitrogen and oxygen atoms in total. The zero-order valence-corrected chi connectivity index (χ0v) is 14.0. The highest BCUT2D eigenvalue weighted by atomic mass is 16.5. The van der Waals surface area contributed by atoms with E-state index in [4.69, 9.17) is 4.74 Å².